The number of nitrogens with zero attached hydrogens (tertiary/aromatic N) is 2. The van der Waals surface area contributed by atoms with Gasteiger partial charge in [-0.2, -0.15) is 5.10 Å². The van der Waals surface area contributed by atoms with E-state index in [4.69, 9.17) is 5.73 Å². The van der Waals surface area contributed by atoms with Gasteiger partial charge in [0.15, 0.2) is 5.82 Å². The fourth-order valence-corrected chi connectivity index (χ4v) is 1.79. The molecule has 1 aromatic heterocycles. The maximum atomic E-state index is 12.1. The van der Waals surface area contributed by atoms with Crippen LogP contribution in [0.4, 0.5) is 5.82 Å². The number of hydrogen-bond acceptors (Lipinski definition) is 3. The summed E-state index contributed by atoms with van der Waals surface area (Å²) in [6.07, 6.45) is 1.80. The maximum Gasteiger partial charge on any atom is 0.257 e. The number of nitrogens with one attached hydrogen (secondary N) is 1. The summed E-state index contributed by atoms with van der Waals surface area (Å²) in [6.45, 7) is 2.24. The lowest BCUT2D eigenvalue weighted by molar-refractivity contribution is 0.102. The van der Waals surface area contributed by atoms with E-state index in [0.717, 1.165) is 11.1 Å². The largest absolute Gasteiger partial charge is 0.326 e. The molecule has 18 heavy (non-hydrogen) atoms. The van der Waals surface area contributed by atoms with Crippen LogP contribution in [0.3, 0.4) is 0 Å². The first-order valence-electron chi connectivity index (χ1n) is 5.71. The number of hydrogen-bond donors (Lipinski definition) is 2. The fraction of sp³-hybridized carbons (Fsp3) is 0.231. The number of aryl methyl sites for hydroxylation is 2. The Kier molecular flexibility index (Phi) is 3.43. The minimum atomic E-state index is -0.165. The molecule has 2 aromatic rings. The molecule has 0 aliphatic carbocycles. The van der Waals surface area contributed by atoms with Crippen molar-refractivity contribution in [3.8, 4) is 0 Å². The predicted molar refractivity (Wildman–Crippen MR) is 70.2 cm³/mol. The van der Waals surface area contributed by atoms with E-state index >= 15 is 0 Å². The van der Waals surface area contributed by atoms with Crippen LogP contribution in [0.15, 0.2) is 30.5 Å². The highest BCUT2D eigenvalue weighted by Gasteiger charge is 2.12. The Hall–Kier alpha value is -2.14. The van der Waals surface area contributed by atoms with Gasteiger partial charge in [0.1, 0.15) is 0 Å². The Labute approximate surface area is 106 Å². The Morgan fingerprint density at radius 1 is 1.44 bits per heavy atom. The molecule has 0 aliphatic heterocycles. The number of rotatable bonds is 3. The Bertz CT molecular complexity index is 574. The standard InChI is InChI=1S/C13H16N4O/c1-9-5-3-4-6-11(9)13(18)15-12-10(7-14)8-17(2)16-12/h3-6,8H,7,14H2,1-2H3,(H,15,16,18). The highest BCUT2D eigenvalue weighted by molar-refractivity contribution is 6.05. The van der Waals surface area contributed by atoms with Crippen LogP contribution < -0.4 is 11.1 Å². The molecule has 94 valence electrons. The van der Waals surface area contributed by atoms with Gasteiger partial charge in [0.05, 0.1) is 0 Å². The molecular weight excluding hydrogens is 228 g/mol. The summed E-state index contributed by atoms with van der Waals surface area (Å²) in [5, 5.41) is 6.97. The molecule has 0 radical (unpaired) electrons. The second kappa shape index (κ2) is 5.01. The van der Waals surface area contributed by atoms with Crippen molar-refractivity contribution in [2.24, 2.45) is 12.8 Å². The van der Waals surface area contributed by atoms with Crippen molar-refractivity contribution in [2.45, 2.75) is 13.5 Å². The van der Waals surface area contributed by atoms with Crippen LogP contribution in [0.5, 0.6) is 0 Å². The van der Waals surface area contributed by atoms with Crippen LogP contribution in [0.25, 0.3) is 0 Å². The molecule has 0 saturated heterocycles. The van der Waals surface area contributed by atoms with Crippen molar-refractivity contribution in [3.63, 3.8) is 0 Å². The van der Waals surface area contributed by atoms with Crippen molar-refractivity contribution in [1.82, 2.24) is 9.78 Å². The van der Waals surface area contributed by atoms with Gasteiger partial charge in [-0.05, 0) is 18.6 Å². The van der Waals surface area contributed by atoms with E-state index in [1.54, 1.807) is 24.0 Å². The molecule has 5 heteroatoms. The van der Waals surface area contributed by atoms with Gasteiger partial charge in [-0.3, -0.25) is 9.48 Å². The lowest BCUT2D eigenvalue weighted by Gasteiger charge is -2.06. The van der Waals surface area contributed by atoms with Crippen LogP contribution in [0.1, 0.15) is 21.5 Å². The average molecular weight is 244 g/mol. The average Bonchev–Trinajstić information content (AvgIpc) is 2.70. The molecular formula is C13H16N4O. The third-order valence-electron chi connectivity index (χ3n) is 2.75. The zero-order valence-electron chi connectivity index (χ0n) is 10.5. The number of carbonyl (C=O) groups excluding carboxylic acids is 1. The minimum Gasteiger partial charge on any atom is -0.326 e. The first-order chi connectivity index (χ1) is 8.61. The topological polar surface area (TPSA) is 72.9 Å². The summed E-state index contributed by atoms with van der Waals surface area (Å²) in [5.41, 5.74) is 8.00. The first kappa shape index (κ1) is 12.3. The number of anilines is 1. The Morgan fingerprint density at radius 2 is 2.17 bits per heavy atom. The molecule has 0 aliphatic rings. The van der Waals surface area contributed by atoms with Gasteiger partial charge in [-0.15, -0.1) is 0 Å². The summed E-state index contributed by atoms with van der Waals surface area (Å²) in [7, 11) is 1.79. The lowest BCUT2D eigenvalue weighted by atomic mass is 10.1. The first-order valence-corrected chi connectivity index (χ1v) is 5.71. The van der Waals surface area contributed by atoms with Crippen molar-refractivity contribution in [1.29, 1.82) is 0 Å². The number of carbonyl (C=O) groups is 1. The second-order valence-corrected chi connectivity index (χ2v) is 4.15. The van der Waals surface area contributed by atoms with E-state index < -0.39 is 0 Å². The van der Waals surface area contributed by atoms with Crippen molar-refractivity contribution < 1.29 is 4.79 Å². The molecule has 5 nitrogen and oxygen atoms in total. The van der Waals surface area contributed by atoms with Crippen molar-refractivity contribution in [3.05, 3.63) is 47.2 Å². The summed E-state index contributed by atoms with van der Waals surface area (Å²) in [4.78, 5) is 12.1. The molecule has 0 bridgehead atoms. The van der Waals surface area contributed by atoms with E-state index in [1.165, 1.54) is 0 Å². The third kappa shape index (κ3) is 2.41. The third-order valence-corrected chi connectivity index (χ3v) is 2.75. The SMILES string of the molecule is Cc1ccccc1C(=O)Nc1nn(C)cc1CN. The van der Waals surface area contributed by atoms with E-state index in [0.29, 0.717) is 17.9 Å². The van der Waals surface area contributed by atoms with Crippen LogP contribution in [-0.4, -0.2) is 15.7 Å². The normalized spacial score (nSPS) is 10.4. The Morgan fingerprint density at radius 3 is 2.83 bits per heavy atom. The molecule has 1 aromatic carbocycles. The number of amides is 1. The van der Waals surface area contributed by atoms with Gasteiger partial charge < -0.3 is 11.1 Å². The maximum absolute atomic E-state index is 12.1. The molecule has 0 saturated carbocycles. The lowest BCUT2D eigenvalue weighted by Crippen LogP contribution is -2.15. The zero-order chi connectivity index (χ0) is 13.1. The highest BCUT2D eigenvalue weighted by Crippen LogP contribution is 2.14. The van der Waals surface area contributed by atoms with Crippen LogP contribution in [0, 0.1) is 6.92 Å². The molecule has 2 rings (SSSR count). The zero-order valence-corrected chi connectivity index (χ0v) is 10.5. The highest BCUT2D eigenvalue weighted by atomic mass is 16.1. The molecule has 3 N–H and O–H groups in total. The van der Waals surface area contributed by atoms with E-state index in [9.17, 15) is 4.79 Å². The fourth-order valence-electron chi connectivity index (χ4n) is 1.79. The van der Waals surface area contributed by atoms with Gasteiger partial charge in [-0.25, -0.2) is 0 Å². The van der Waals surface area contributed by atoms with Gasteiger partial charge in [0.25, 0.3) is 5.91 Å². The number of nitrogens with two attached hydrogens (primary N) is 1. The quantitative estimate of drug-likeness (QED) is 0.858. The van der Waals surface area contributed by atoms with E-state index in [-0.39, 0.29) is 5.91 Å². The predicted octanol–water partition coefficient (Wildman–Crippen LogP) is 1.44. The van der Waals surface area contributed by atoms with Crippen LogP contribution in [0.2, 0.25) is 0 Å². The molecule has 0 unspecified atom stereocenters. The van der Waals surface area contributed by atoms with Gasteiger partial charge >= 0.3 is 0 Å². The molecule has 0 atom stereocenters. The van der Waals surface area contributed by atoms with E-state index in [2.05, 4.69) is 10.4 Å². The number of benzene rings is 1. The summed E-state index contributed by atoms with van der Waals surface area (Å²) < 4.78 is 1.63. The Balaban J connectivity index is 2.24. The number of aromatic nitrogens is 2. The van der Waals surface area contributed by atoms with Crippen LogP contribution in [-0.2, 0) is 13.6 Å². The monoisotopic (exact) mass is 244 g/mol. The van der Waals surface area contributed by atoms with Crippen LogP contribution >= 0.6 is 0 Å². The van der Waals surface area contributed by atoms with Gasteiger partial charge in [-0.1, -0.05) is 18.2 Å². The smallest absolute Gasteiger partial charge is 0.257 e. The van der Waals surface area contributed by atoms with Gasteiger partial charge in [0, 0.05) is 30.9 Å². The van der Waals surface area contributed by atoms with Gasteiger partial charge in [0.2, 0.25) is 0 Å². The molecule has 0 fully saturated rings. The summed E-state index contributed by atoms with van der Waals surface area (Å²) in [6, 6.07) is 7.43. The summed E-state index contributed by atoms with van der Waals surface area (Å²) in [5.74, 6) is 0.356. The van der Waals surface area contributed by atoms with Crippen molar-refractivity contribution >= 4 is 11.7 Å². The molecule has 1 amide bonds. The second-order valence-electron chi connectivity index (χ2n) is 4.15. The van der Waals surface area contributed by atoms with E-state index in [1.807, 2.05) is 25.1 Å². The molecule has 1 heterocycles. The molecule has 0 spiro atoms. The minimum absolute atomic E-state index is 0.165. The summed E-state index contributed by atoms with van der Waals surface area (Å²) >= 11 is 0. The van der Waals surface area contributed by atoms with Crippen molar-refractivity contribution in [2.75, 3.05) is 5.32 Å².